The summed E-state index contributed by atoms with van der Waals surface area (Å²) in [5.74, 6) is 1.73. The highest BCUT2D eigenvalue weighted by atomic mass is 16.1. The maximum Gasteiger partial charge on any atom is 0.120 e. The second-order valence-corrected chi connectivity index (χ2v) is 2.37. The van der Waals surface area contributed by atoms with Crippen molar-refractivity contribution in [3.05, 3.63) is 48.0 Å². The second-order valence-electron chi connectivity index (χ2n) is 2.37. The van der Waals surface area contributed by atoms with Crippen LogP contribution < -0.4 is 0 Å². The molecule has 1 nitrogen and oxygen atoms in total. The molecule has 0 radical (unpaired) electrons. The van der Waals surface area contributed by atoms with Gasteiger partial charge in [0.1, 0.15) is 5.94 Å². The average Bonchev–Trinajstić information content (AvgIpc) is 2.14. The predicted molar refractivity (Wildman–Crippen MR) is 50.4 cm³/mol. The Kier molecular flexibility index (Phi) is 3.62. The van der Waals surface area contributed by atoms with E-state index in [-0.39, 0.29) is 0 Å². The van der Waals surface area contributed by atoms with Gasteiger partial charge in [-0.2, -0.15) is 0 Å². The van der Waals surface area contributed by atoms with Crippen LogP contribution in [0, 0.1) is 0 Å². The van der Waals surface area contributed by atoms with E-state index in [2.05, 4.69) is 0 Å². The normalized spacial score (nSPS) is 9.67. The first-order valence-electron chi connectivity index (χ1n) is 3.84. The lowest BCUT2D eigenvalue weighted by atomic mass is 10.2. The van der Waals surface area contributed by atoms with E-state index >= 15 is 0 Å². The molecule has 1 rings (SSSR count). The van der Waals surface area contributed by atoms with E-state index in [1.165, 1.54) is 6.08 Å². The molecule has 1 heteroatoms. The van der Waals surface area contributed by atoms with Crippen LogP contribution in [-0.4, -0.2) is 5.94 Å². The first kappa shape index (κ1) is 8.51. The summed E-state index contributed by atoms with van der Waals surface area (Å²) in [7, 11) is 0. The number of allylic oxidation sites excluding steroid dienone is 2. The minimum Gasteiger partial charge on any atom is -0.234 e. The van der Waals surface area contributed by atoms with Crippen molar-refractivity contribution in [3.63, 3.8) is 0 Å². The molecule has 0 unspecified atom stereocenters. The van der Waals surface area contributed by atoms with Crippen LogP contribution in [0.1, 0.15) is 12.0 Å². The SMILES string of the molecule is O=C=CC/C=C/c1ccccc1. The van der Waals surface area contributed by atoms with Crippen molar-refractivity contribution in [1.82, 2.24) is 0 Å². The van der Waals surface area contributed by atoms with Gasteiger partial charge in [0.15, 0.2) is 0 Å². The van der Waals surface area contributed by atoms with Crippen LogP contribution in [0.4, 0.5) is 0 Å². The van der Waals surface area contributed by atoms with Gasteiger partial charge in [0.25, 0.3) is 0 Å². The molecular formula is C11H10O. The van der Waals surface area contributed by atoms with Crippen LogP contribution in [0.5, 0.6) is 0 Å². The highest BCUT2D eigenvalue weighted by molar-refractivity contribution is 5.51. The van der Waals surface area contributed by atoms with Gasteiger partial charge in [0.05, 0.1) is 0 Å². The van der Waals surface area contributed by atoms with Crippen LogP contribution in [0.2, 0.25) is 0 Å². The first-order chi connectivity index (χ1) is 5.93. The smallest absolute Gasteiger partial charge is 0.120 e. The molecule has 60 valence electrons. The van der Waals surface area contributed by atoms with E-state index in [4.69, 9.17) is 0 Å². The zero-order valence-corrected chi connectivity index (χ0v) is 6.73. The molecule has 0 N–H and O–H groups in total. The van der Waals surface area contributed by atoms with E-state index in [0.29, 0.717) is 6.42 Å². The topological polar surface area (TPSA) is 17.1 Å². The third-order valence-corrected chi connectivity index (χ3v) is 1.45. The van der Waals surface area contributed by atoms with Gasteiger partial charge in [-0.25, -0.2) is 4.79 Å². The Hall–Kier alpha value is -1.59. The summed E-state index contributed by atoms with van der Waals surface area (Å²) in [6.07, 6.45) is 6.02. The fraction of sp³-hybridized carbons (Fsp3) is 0.0909. The number of carbonyl (C=O) groups excluding carboxylic acids is 1. The Bertz CT molecular complexity index is 292. The third kappa shape index (κ3) is 3.00. The fourth-order valence-electron chi connectivity index (χ4n) is 0.884. The van der Waals surface area contributed by atoms with E-state index in [9.17, 15) is 4.79 Å². The Labute approximate surface area is 72.0 Å². The molecule has 0 saturated carbocycles. The molecule has 1 aromatic rings. The molecule has 0 aromatic heterocycles. The zero-order valence-electron chi connectivity index (χ0n) is 6.73. The molecule has 0 heterocycles. The fourth-order valence-corrected chi connectivity index (χ4v) is 0.884. The summed E-state index contributed by atoms with van der Waals surface area (Å²) in [6.45, 7) is 0. The Morgan fingerprint density at radius 1 is 1.25 bits per heavy atom. The van der Waals surface area contributed by atoms with Gasteiger partial charge in [0, 0.05) is 6.08 Å². The van der Waals surface area contributed by atoms with Crippen LogP contribution in [0.25, 0.3) is 6.08 Å². The van der Waals surface area contributed by atoms with Gasteiger partial charge in [-0.05, 0) is 12.0 Å². The maximum atomic E-state index is 9.80. The summed E-state index contributed by atoms with van der Waals surface area (Å²) in [4.78, 5) is 9.80. The average molecular weight is 158 g/mol. The molecule has 0 aliphatic heterocycles. The van der Waals surface area contributed by atoms with Gasteiger partial charge in [0.2, 0.25) is 0 Å². The second kappa shape index (κ2) is 5.11. The third-order valence-electron chi connectivity index (χ3n) is 1.45. The van der Waals surface area contributed by atoms with Crippen molar-refractivity contribution in [1.29, 1.82) is 0 Å². The molecule has 0 amide bonds. The molecule has 0 spiro atoms. The summed E-state index contributed by atoms with van der Waals surface area (Å²) < 4.78 is 0. The van der Waals surface area contributed by atoms with Crippen LogP contribution in [0.15, 0.2) is 42.5 Å². The molecule has 1 aromatic carbocycles. The van der Waals surface area contributed by atoms with E-state index in [1.54, 1.807) is 5.94 Å². The molecule has 0 fully saturated rings. The number of hydrogen-bond acceptors (Lipinski definition) is 1. The van der Waals surface area contributed by atoms with Gasteiger partial charge in [-0.15, -0.1) is 0 Å². The molecule has 0 aliphatic rings. The lowest BCUT2D eigenvalue weighted by molar-refractivity contribution is 0.568. The van der Waals surface area contributed by atoms with Crippen molar-refractivity contribution in [2.24, 2.45) is 0 Å². The minimum absolute atomic E-state index is 0.651. The standard InChI is InChI=1S/C11H10O/c12-10-6-2-5-9-11-7-3-1-4-8-11/h1,3-9H,2H2/b9-5+. The predicted octanol–water partition coefficient (Wildman–Crippen LogP) is 2.48. The van der Waals surface area contributed by atoms with Crippen LogP contribution in [0.3, 0.4) is 0 Å². The van der Waals surface area contributed by atoms with Gasteiger partial charge >= 0.3 is 0 Å². The summed E-state index contributed by atoms with van der Waals surface area (Å²) in [5, 5.41) is 0. The summed E-state index contributed by atoms with van der Waals surface area (Å²) in [5.41, 5.74) is 1.15. The lowest BCUT2D eigenvalue weighted by Crippen LogP contribution is -1.67. The van der Waals surface area contributed by atoms with Gasteiger partial charge < -0.3 is 0 Å². The first-order valence-corrected chi connectivity index (χ1v) is 3.84. The highest BCUT2D eigenvalue weighted by Crippen LogP contribution is 2.01. The van der Waals surface area contributed by atoms with E-state index in [1.807, 2.05) is 42.5 Å². The molecule has 0 bridgehead atoms. The van der Waals surface area contributed by atoms with Crippen molar-refractivity contribution >= 4 is 12.0 Å². The van der Waals surface area contributed by atoms with Gasteiger partial charge in [-0.1, -0.05) is 42.5 Å². The molecular weight excluding hydrogens is 148 g/mol. The number of hydrogen-bond donors (Lipinski definition) is 0. The Morgan fingerprint density at radius 2 is 2.00 bits per heavy atom. The number of rotatable bonds is 3. The maximum absolute atomic E-state index is 9.80. The lowest BCUT2D eigenvalue weighted by Gasteiger charge is -1.88. The Morgan fingerprint density at radius 3 is 2.67 bits per heavy atom. The highest BCUT2D eigenvalue weighted by Gasteiger charge is 1.80. The molecule has 12 heavy (non-hydrogen) atoms. The van der Waals surface area contributed by atoms with Crippen molar-refractivity contribution in [2.75, 3.05) is 0 Å². The minimum atomic E-state index is 0.651. The van der Waals surface area contributed by atoms with Crippen molar-refractivity contribution in [2.45, 2.75) is 6.42 Å². The largest absolute Gasteiger partial charge is 0.234 e. The summed E-state index contributed by atoms with van der Waals surface area (Å²) in [6, 6.07) is 9.97. The monoisotopic (exact) mass is 158 g/mol. The van der Waals surface area contributed by atoms with Gasteiger partial charge in [-0.3, -0.25) is 0 Å². The van der Waals surface area contributed by atoms with Crippen LogP contribution in [-0.2, 0) is 4.79 Å². The van der Waals surface area contributed by atoms with E-state index in [0.717, 1.165) is 5.56 Å². The zero-order chi connectivity index (χ0) is 8.65. The van der Waals surface area contributed by atoms with Crippen molar-refractivity contribution < 1.29 is 4.79 Å². The molecule has 0 atom stereocenters. The van der Waals surface area contributed by atoms with Crippen molar-refractivity contribution in [3.8, 4) is 0 Å². The van der Waals surface area contributed by atoms with E-state index < -0.39 is 0 Å². The van der Waals surface area contributed by atoms with Crippen LogP contribution >= 0.6 is 0 Å². The quantitative estimate of drug-likeness (QED) is 0.617. The Balaban J connectivity index is 2.52. The number of benzene rings is 1. The molecule has 0 aliphatic carbocycles. The summed E-state index contributed by atoms with van der Waals surface area (Å²) >= 11 is 0. The molecule has 0 saturated heterocycles.